The number of aliphatic hydroxyl groups is 2. The number of esters is 2. The summed E-state index contributed by atoms with van der Waals surface area (Å²) in [7, 11) is 2.80. The topological polar surface area (TPSA) is 117 Å². The number of piperidine rings is 2. The van der Waals surface area contributed by atoms with E-state index >= 15 is 0 Å². The maximum Gasteiger partial charge on any atom is 0.315 e. The second-order valence-corrected chi connectivity index (χ2v) is 21.2. The largest absolute Gasteiger partial charge is 0.468 e. The van der Waals surface area contributed by atoms with Gasteiger partial charge in [0, 0.05) is 38.9 Å². The van der Waals surface area contributed by atoms with Gasteiger partial charge in [0.05, 0.1) is 25.0 Å². The Morgan fingerprint density at radius 3 is 1.20 bits per heavy atom. The minimum Gasteiger partial charge on any atom is -0.468 e. The average Bonchev–Trinajstić information content (AvgIpc) is 3.47. The molecule has 0 spiro atoms. The summed E-state index contributed by atoms with van der Waals surface area (Å²) in [6.07, 6.45) is 5.73. The van der Waals surface area contributed by atoms with Gasteiger partial charge in [-0.1, -0.05) is 170 Å². The number of nitrogens with zero attached hydrogens (tertiary/aromatic N) is 2. The monoisotopic (exact) mass is 1020 g/mol. The van der Waals surface area contributed by atoms with Gasteiger partial charge in [0.15, 0.2) is 5.78 Å². The van der Waals surface area contributed by atoms with Crippen molar-refractivity contribution in [3.05, 3.63) is 214 Å². The van der Waals surface area contributed by atoms with E-state index in [0.717, 1.165) is 117 Å². The van der Waals surface area contributed by atoms with Crippen LogP contribution in [0.15, 0.2) is 170 Å². The molecule has 2 N–H and O–H groups in total. The number of Topliss-reactive ketones (excluding diaryl/α,β-unsaturated/α-hetero) is 1. The molecule has 0 amide bonds. The standard InChI is InChI=1S/C33H39NO4.C33H37NO3.B/c1-32(2,31(36)38-3)26-18-16-25(17-19-26)30(35)15-10-22-34-23-20-29(21-24-34)33(37,27-11-6-4-7-12-27)28-13-8-5-9-14-28;1-32(2,31(35)37-3)27-19-17-26(18-20-27)12-10-11-23-34-24-21-30(22-25-34)33(36,28-13-6-4-7-14-28)29-15-8-5-9-16-29;/h4-9,11-14,16-19,29,37H,10,15,20-24H2,1-3H3;4-9,13-20,30,36H,11,21-25H2,1-3H3;. The van der Waals surface area contributed by atoms with Crippen LogP contribution in [0, 0.1) is 23.7 Å². The Bertz CT molecular complexity index is 2730. The van der Waals surface area contributed by atoms with Crippen molar-refractivity contribution in [3.8, 4) is 11.8 Å². The number of carbonyl (C=O) groups is 3. The van der Waals surface area contributed by atoms with Crippen LogP contribution in [0.1, 0.15) is 122 Å². The average molecular weight is 1020 g/mol. The van der Waals surface area contributed by atoms with E-state index in [1.807, 2.05) is 198 Å². The zero-order valence-electron chi connectivity index (χ0n) is 45.4. The molecule has 2 aliphatic heterocycles. The number of ether oxygens (including phenoxy) is 2. The van der Waals surface area contributed by atoms with Crippen molar-refractivity contribution in [1.82, 2.24) is 9.80 Å². The van der Waals surface area contributed by atoms with Crippen molar-refractivity contribution >= 4 is 26.1 Å². The molecule has 0 unspecified atom stereocenters. The van der Waals surface area contributed by atoms with Crippen LogP contribution in [-0.4, -0.2) is 99.6 Å². The molecule has 9 nitrogen and oxygen atoms in total. The number of hydrogen-bond donors (Lipinski definition) is 2. The van der Waals surface area contributed by atoms with Crippen LogP contribution in [-0.2, 0) is 41.1 Å². The van der Waals surface area contributed by atoms with Crippen molar-refractivity contribution in [3.63, 3.8) is 0 Å². The molecule has 6 aromatic rings. The van der Waals surface area contributed by atoms with Gasteiger partial charge < -0.3 is 29.5 Å². The fraction of sp³-hybridized carbons (Fsp3) is 0.379. The lowest BCUT2D eigenvalue weighted by atomic mass is 9.72. The van der Waals surface area contributed by atoms with E-state index in [0.29, 0.717) is 12.0 Å². The quantitative estimate of drug-likeness (QED) is 0.0399. The second-order valence-electron chi connectivity index (χ2n) is 21.2. The Balaban J connectivity index is 0.000000244. The first-order valence-electron chi connectivity index (χ1n) is 26.6. The van der Waals surface area contributed by atoms with Gasteiger partial charge >= 0.3 is 11.9 Å². The van der Waals surface area contributed by atoms with Crippen LogP contribution in [0.3, 0.4) is 0 Å². The first kappa shape index (κ1) is 58.7. The van der Waals surface area contributed by atoms with Crippen molar-refractivity contribution in [1.29, 1.82) is 0 Å². The maximum atomic E-state index is 12.8. The molecule has 2 heterocycles. The summed E-state index contributed by atoms with van der Waals surface area (Å²) in [6, 6.07) is 55.3. The molecule has 6 aromatic carbocycles. The third-order valence-corrected chi connectivity index (χ3v) is 15.8. The minimum atomic E-state index is -1.01. The summed E-state index contributed by atoms with van der Waals surface area (Å²) in [4.78, 5) is 41.7. The number of carbonyl (C=O) groups excluding carboxylic acids is 3. The van der Waals surface area contributed by atoms with Crippen LogP contribution in [0.4, 0.5) is 0 Å². The lowest BCUT2D eigenvalue weighted by Crippen LogP contribution is -2.44. The predicted octanol–water partition coefficient (Wildman–Crippen LogP) is 10.9. The SMILES string of the molecule is COC(=O)C(C)(C)c1ccc(C#CCCN2CCC(C(O)(c3ccccc3)c3ccccc3)CC2)cc1.COC(=O)C(C)(C)c1ccc(C(=O)CCCN2CCC(C(O)(c3ccccc3)c3ccccc3)CC2)cc1.[B]. The van der Waals surface area contributed by atoms with Gasteiger partial charge in [0.2, 0.25) is 0 Å². The van der Waals surface area contributed by atoms with E-state index in [4.69, 9.17) is 9.47 Å². The predicted molar refractivity (Wildman–Crippen MR) is 304 cm³/mol. The third-order valence-electron chi connectivity index (χ3n) is 15.8. The summed E-state index contributed by atoms with van der Waals surface area (Å²) in [5.41, 5.74) is 3.74. The maximum absolute atomic E-state index is 12.8. The van der Waals surface area contributed by atoms with Gasteiger partial charge in [-0.05, 0) is 150 Å². The highest BCUT2D eigenvalue weighted by Gasteiger charge is 2.43. The molecule has 2 saturated heterocycles. The zero-order valence-corrected chi connectivity index (χ0v) is 45.4. The molecule has 0 bridgehead atoms. The summed E-state index contributed by atoms with van der Waals surface area (Å²) in [5.74, 6) is 6.40. The first-order chi connectivity index (χ1) is 36.1. The second kappa shape index (κ2) is 26.9. The Morgan fingerprint density at radius 1 is 0.500 bits per heavy atom. The van der Waals surface area contributed by atoms with Crippen LogP contribution >= 0.6 is 0 Å². The van der Waals surface area contributed by atoms with Gasteiger partial charge in [0.25, 0.3) is 0 Å². The molecule has 395 valence electrons. The Morgan fingerprint density at radius 2 is 0.842 bits per heavy atom. The molecular formula is C66H76BN2O7. The Kier molecular flexibility index (Phi) is 20.8. The van der Waals surface area contributed by atoms with Crippen LogP contribution in [0.5, 0.6) is 0 Å². The van der Waals surface area contributed by atoms with E-state index in [-0.39, 0.29) is 38.0 Å². The molecule has 2 fully saturated rings. The van der Waals surface area contributed by atoms with Crippen molar-refractivity contribution < 1.29 is 34.1 Å². The molecule has 0 saturated carbocycles. The number of hydrogen-bond acceptors (Lipinski definition) is 9. The van der Waals surface area contributed by atoms with Crippen molar-refractivity contribution in [2.75, 3.05) is 53.5 Å². The molecule has 76 heavy (non-hydrogen) atoms. The van der Waals surface area contributed by atoms with Crippen LogP contribution < -0.4 is 0 Å². The molecule has 8 rings (SSSR count). The zero-order chi connectivity index (χ0) is 53.5. The number of rotatable bonds is 17. The van der Waals surface area contributed by atoms with Gasteiger partial charge in [0.1, 0.15) is 11.2 Å². The highest BCUT2D eigenvalue weighted by molar-refractivity contribution is 5.96. The highest BCUT2D eigenvalue weighted by atomic mass is 16.5. The van der Waals surface area contributed by atoms with E-state index in [9.17, 15) is 24.6 Å². The van der Waals surface area contributed by atoms with Gasteiger partial charge in [-0.2, -0.15) is 0 Å². The van der Waals surface area contributed by atoms with Crippen LogP contribution in [0.2, 0.25) is 0 Å². The first-order valence-corrected chi connectivity index (χ1v) is 26.6. The molecule has 3 radical (unpaired) electrons. The molecule has 10 heteroatoms. The van der Waals surface area contributed by atoms with E-state index in [1.54, 1.807) is 0 Å². The van der Waals surface area contributed by atoms with Gasteiger partial charge in [-0.15, -0.1) is 0 Å². The smallest absolute Gasteiger partial charge is 0.315 e. The minimum absolute atomic E-state index is 0. The molecule has 0 atom stereocenters. The van der Waals surface area contributed by atoms with Gasteiger partial charge in [-0.3, -0.25) is 14.4 Å². The summed E-state index contributed by atoms with van der Waals surface area (Å²) < 4.78 is 9.82. The van der Waals surface area contributed by atoms with Crippen molar-refractivity contribution in [2.45, 2.75) is 94.7 Å². The highest BCUT2D eigenvalue weighted by Crippen LogP contribution is 2.43. The fourth-order valence-corrected chi connectivity index (χ4v) is 11.0. The van der Waals surface area contributed by atoms with E-state index < -0.39 is 22.0 Å². The van der Waals surface area contributed by atoms with Crippen LogP contribution in [0.25, 0.3) is 0 Å². The van der Waals surface area contributed by atoms with Crippen molar-refractivity contribution in [2.24, 2.45) is 11.8 Å². The summed E-state index contributed by atoms with van der Waals surface area (Å²) in [6.45, 7) is 12.8. The van der Waals surface area contributed by atoms with E-state index in [2.05, 4.69) is 21.6 Å². The number of ketones is 1. The number of likely N-dealkylation sites (tertiary alicyclic amines) is 2. The molecule has 0 aromatic heterocycles. The fourth-order valence-electron chi connectivity index (χ4n) is 11.0. The normalized spacial score (nSPS) is 14.9. The Hall–Kier alpha value is -6.61. The molecule has 2 aliphatic rings. The molecular weight excluding hydrogens is 944 g/mol. The number of benzene rings is 6. The lowest BCUT2D eigenvalue weighted by molar-refractivity contribution is -0.147. The third kappa shape index (κ3) is 13.9. The van der Waals surface area contributed by atoms with E-state index in [1.165, 1.54) is 14.2 Å². The lowest BCUT2D eigenvalue weighted by Gasteiger charge is -2.42. The summed E-state index contributed by atoms with van der Waals surface area (Å²) >= 11 is 0. The Labute approximate surface area is 454 Å². The van der Waals surface area contributed by atoms with Gasteiger partial charge in [-0.25, -0.2) is 0 Å². The number of methoxy groups -OCH3 is 2. The summed E-state index contributed by atoms with van der Waals surface area (Å²) in [5, 5.41) is 24.1. The molecule has 0 aliphatic carbocycles.